The smallest absolute Gasteiger partial charge is 0.130 e. The molecule has 5 heteroatoms. The average Bonchev–Trinajstić information content (AvgIpc) is 2.90. The summed E-state index contributed by atoms with van der Waals surface area (Å²) >= 11 is 0. The molecule has 1 unspecified atom stereocenters. The van der Waals surface area contributed by atoms with E-state index in [1.165, 1.54) is 18.2 Å². The van der Waals surface area contributed by atoms with Crippen molar-refractivity contribution in [3.8, 4) is 0 Å². The van der Waals surface area contributed by atoms with Gasteiger partial charge in [0, 0.05) is 12.1 Å². The topological polar surface area (TPSA) is 40.7 Å². The number of hydrogen-bond donors (Lipinski definition) is 2. The summed E-state index contributed by atoms with van der Waals surface area (Å²) < 4.78 is 27.1. The molecule has 0 spiro atoms. The summed E-state index contributed by atoms with van der Waals surface area (Å²) in [4.78, 5) is 7.66. The largest absolute Gasteiger partial charge is 0.341 e. The molecule has 0 bridgehead atoms. The predicted octanol–water partition coefficient (Wildman–Crippen LogP) is 3.69. The number of aromatic nitrogens is 2. The van der Waals surface area contributed by atoms with Crippen LogP contribution >= 0.6 is 0 Å². The molecule has 0 aliphatic heterocycles. The number of benzene rings is 2. The first kappa shape index (κ1) is 13.7. The highest BCUT2D eigenvalue weighted by Gasteiger charge is 2.13. The van der Waals surface area contributed by atoms with Gasteiger partial charge in [0.05, 0.1) is 17.1 Å². The van der Waals surface area contributed by atoms with E-state index >= 15 is 0 Å². The fourth-order valence-corrected chi connectivity index (χ4v) is 2.23. The number of imidazole rings is 1. The van der Waals surface area contributed by atoms with Crippen molar-refractivity contribution >= 4 is 11.0 Å². The molecule has 3 nitrogen and oxygen atoms in total. The number of nitrogens with one attached hydrogen (secondary N) is 2. The number of nitrogens with zero attached hydrogens (tertiary/aromatic N) is 1. The number of H-pyrrole nitrogens is 1. The summed E-state index contributed by atoms with van der Waals surface area (Å²) in [5.74, 6) is -0.341. The lowest BCUT2D eigenvalue weighted by Crippen LogP contribution is -2.20. The van der Waals surface area contributed by atoms with Crippen LogP contribution in [0.1, 0.15) is 24.4 Å². The Morgan fingerprint density at radius 1 is 1.10 bits per heavy atom. The van der Waals surface area contributed by atoms with E-state index in [1.54, 1.807) is 0 Å². The molecule has 0 fully saturated rings. The number of hydrogen-bond acceptors (Lipinski definition) is 2. The second-order valence-corrected chi connectivity index (χ2v) is 4.94. The minimum atomic E-state index is -0.542. The van der Waals surface area contributed by atoms with Gasteiger partial charge in [-0.25, -0.2) is 13.8 Å². The van der Waals surface area contributed by atoms with E-state index in [9.17, 15) is 8.78 Å². The summed E-state index contributed by atoms with van der Waals surface area (Å²) in [5.41, 5.74) is 1.86. The second-order valence-electron chi connectivity index (χ2n) is 4.94. The van der Waals surface area contributed by atoms with Gasteiger partial charge in [-0.1, -0.05) is 18.2 Å². The third-order valence-corrected chi connectivity index (χ3v) is 3.46. The minimum absolute atomic E-state index is 0.0421. The maximum atomic E-state index is 13.6. The van der Waals surface area contributed by atoms with E-state index in [0.717, 1.165) is 16.9 Å². The molecule has 0 saturated heterocycles. The molecule has 1 aromatic heterocycles. The van der Waals surface area contributed by atoms with Crippen molar-refractivity contribution in [2.45, 2.75) is 19.5 Å². The van der Waals surface area contributed by atoms with Gasteiger partial charge in [-0.3, -0.25) is 0 Å². The quantitative estimate of drug-likeness (QED) is 0.768. The van der Waals surface area contributed by atoms with E-state index in [0.29, 0.717) is 0 Å². The monoisotopic (exact) mass is 287 g/mol. The molecule has 2 N–H and O–H groups in total. The maximum absolute atomic E-state index is 13.6. The second kappa shape index (κ2) is 5.61. The van der Waals surface area contributed by atoms with Crippen LogP contribution in [0.5, 0.6) is 0 Å². The average molecular weight is 287 g/mol. The van der Waals surface area contributed by atoms with Gasteiger partial charge in [-0.05, 0) is 31.2 Å². The minimum Gasteiger partial charge on any atom is -0.341 e. The Hall–Kier alpha value is -2.27. The molecule has 2 aromatic carbocycles. The van der Waals surface area contributed by atoms with Crippen LogP contribution in [0.25, 0.3) is 11.0 Å². The van der Waals surface area contributed by atoms with Gasteiger partial charge < -0.3 is 10.3 Å². The number of halogens is 2. The fraction of sp³-hybridized carbons (Fsp3) is 0.188. The maximum Gasteiger partial charge on any atom is 0.130 e. The van der Waals surface area contributed by atoms with Crippen molar-refractivity contribution in [1.82, 2.24) is 15.3 Å². The van der Waals surface area contributed by atoms with Crippen LogP contribution < -0.4 is 5.32 Å². The third kappa shape index (κ3) is 2.78. The Morgan fingerprint density at radius 2 is 1.81 bits per heavy atom. The highest BCUT2D eigenvalue weighted by Crippen LogP contribution is 2.17. The molecule has 0 radical (unpaired) electrons. The Bertz CT molecular complexity index is 714. The summed E-state index contributed by atoms with van der Waals surface area (Å²) in [6, 6.07) is 11.4. The number of rotatable bonds is 4. The molecular weight excluding hydrogens is 272 g/mol. The zero-order chi connectivity index (χ0) is 14.8. The molecule has 0 aliphatic carbocycles. The number of fused-ring (bicyclic) bond motifs is 1. The van der Waals surface area contributed by atoms with E-state index in [1.807, 2.05) is 31.2 Å². The summed E-state index contributed by atoms with van der Waals surface area (Å²) in [5, 5.41) is 3.08. The van der Waals surface area contributed by atoms with Crippen molar-refractivity contribution in [3.05, 3.63) is 65.5 Å². The molecule has 21 heavy (non-hydrogen) atoms. The molecule has 0 saturated carbocycles. The Morgan fingerprint density at radius 3 is 2.52 bits per heavy atom. The van der Waals surface area contributed by atoms with Crippen LogP contribution in [0.15, 0.2) is 42.5 Å². The van der Waals surface area contributed by atoms with Gasteiger partial charge >= 0.3 is 0 Å². The van der Waals surface area contributed by atoms with Crippen molar-refractivity contribution in [3.63, 3.8) is 0 Å². The molecule has 1 atom stereocenters. The van der Waals surface area contributed by atoms with Gasteiger partial charge in [-0.2, -0.15) is 0 Å². The van der Waals surface area contributed by atoms with Gasteiger partial charge in [0.15, 0.2) is 0 Å². The molecule has 3 aromatic rings. The van der Waals surface area contributed by atoms with Gasteiger partial charge in [0.1, 0.15) is 17.5 Å². The Kier molecular flexibility index (Phi) is 3.66. The highest BCUT2D eigenvalue weighted by atomic mass is 19.1. The van der Waals surface area contributed by atoms with Crippen molar-refractivity contribution in [2.75, 3.05) is 0 Å². The highest BCUT2D eigenvalue weighted by molar-refractivity contribution is 5.74. The molecule has 0 aliphatic rings. The Balaban J connectivity index is 1.75. The predicted molar refractivity (Wildman–Crippen MR) is 77.7 cm³/mol. The lowest BCUT2D eigenvalue weighted by Gasteiger charge is -2.12. The van der Waals surface area contributed by atoms with E-state index < -0.39 is 11.6 Å². The van der Waals surface area contributed by atoms with E-state index in [2.05, 4.69) is 15.3 Å². The number of aromatic amines is 1. The van der Waals surface area contributed by atoms with Crippen molar-refractivity contribution < 1.29 is 8.78 Å². The summed E-state index contributed by atoms with van der Waals surface area (Å²) in [6.45, 7) is 2.01. The normalized spacial score (nSPS) is 12.7. The van der Waals surface area contributed by atoms with Gasteiger partial charge in [0.25, 0.3) is 0 Å². The van der Waals surface area contributed by atoms with E-state index in [4.69, 9.17) is 0 Å². The van der Waals surface area contributed by atoms with E-state index in [-0.39, 0.29) is 18.2 Å². The van der Waals surface area contributed by atoms with Crippen molar-refractivity contribution in [2.24, 2.45) is 0 Å². The lowest BCUT2D eigenvalue weighted by atomic mass is 10.2. The van der Waals surface area contributed by atoms with Crippen LogP contribution in [-0.4, -0.2) is 9.97 Å². The zero-order valence-electron chi connectivity index (χ0n) is 11.5. The van der Waals surface area contributed by atoms with Crippen molar-refractivity contribution in [1.29, 1.82) is 0 Å². The molecular formula is C16H15F2N3. The first-order valence-corrected chi connectivity index (χ1v) is 6.76. The molecule has 108 valence electrons. The molecule has 0 amide bonds. The van der Waals surface area contributed by atoms with Crippen LogP contribution in [0.2, 0.25) is 0 Å². The first-order valence-electron chi connectivity index (χ1n) is 6.76. The first-order chi connectivity index (χ1) is 10.1. The third-order valence-electron chi connectivity index (χ3n) is 3.46. The van der Waals surface area contributed by atoms with Gasteiger partial charge in [-0.15, -0.1) is 0 Å². The van der Waals surface area contributed by atoms with Gasteiger partial charge in [0.2, 0.25) is 0 Å². The van der Waals surface area contributed by atoms with Crippen LogP contribution in [-0.2, 0) is 6.54 Å². The standard InChI is InChI=1S/C16H15F2N3/c1-10(16-20-14-7-2-3-8-15(14)21-16)19-9-11-12(17)5-4-6-13(11)18/h2-8,10,19H,9H2,1H3,(H,20,21). The molecule has 1 heterocycles. The van der Waals surface area contributed by atoms with Crippen LogP contribution in [0.4, 0.5) is 8.78 Å². The SMILES string of the molecule is CC(NCc1c(F)cccc1F)c1nc2ccccc2[nH]1. The lowest BCUT2D eigenvalue weighted by molar-refractivity contribution is 0.500. The fourth-order valence-electron chi connectivity index (χ4n) is 2.23. The summed E-state index contributed by atoms with van der Waals surface area (Å²) in [7, 11) is 0. The Labute approximate surface area is 121 Å². The van der Waals surface area contributed by atoms with Crippen LogP contribution in [0, 0.1) is 11.6 Å². The van der Waals surface area contributed by atoms with Crippen LogP contribution in [0.3, 0.4) is 0 Å². The summed E-state index contributed by atoms with van der Waals surface area (Å²) in [6.07, 6.45) is 0. The molecule has 3 rings (SSSR count). The number of para-hydroxylation sites is 2. The zero-order valence-corrected chi connectivity index (χ0v) is 11.5.